The number of hydrogen-bond acceptors (Lipinski definition) is 4. The molecule has 0 spiro atoms. The van der Waals surface area contributed by atoms with Gasteiger partial charge in [0.05, 0.1) is 5.69 Å². The molecule has 1 aromatic heterocycles. The molecule has 0 unspecified atom stereocenters. The number of anilines is 3. The standard InChI is InChI=1S/C17H19N3O/c1-17(2,3)11-7-9-12(10-8-11)19-16-20-15-13(18)5-4-6-14(15)21-16/h4-10H,18H2,1-3H3,(H,19,20). The van der Waals surface area contributed by atoms with Crippen LogP contribution in [-0.2, 0) is 5.41 Å². The lowest BCUT2D eigenvalue weighted by atomic mass is 9.87. The van der Waals surface area contributed by atoms with Crippen molar-refractivity contribution in [3.63, 3.8) is 0 Å². The Bertz CT molecular complexity index is 767. The van der Waals surface area contributed by atoms with Gasteiger partial charge in [0.2, 0.25) is 0 Å². The first kappa shape index (κ1) is 13.5. The fourth-order valence-corrected chi connectivity index (χ4v) is 2.20. The van der Waals surface area contributed by atoms with Gasteiger partial charge in [0.25, 0.3) is 6.01 Å². The highest BCUT2D eigenvalue weighted by Crippen LogP contribution is 2.27. The number of hydrogen-bond donors (Lipinski definition) is 2. The van der Waals surface area contributed by atoms with Crippen LogP contribution in [0.2, 0.25) is 0 Å². The van der Waals surface area contributed by atoms with Crippen molar-refractivity contribution in [2.24, 2.45) is 0 Å². The molecule has 0 saturated carbocycles. The van der Waals surface area contributed by atoms with E-state index in [1.54, 1.807) is 0 Å². The Morgan fingerprint density at radius 1 is 1.05 bits per heavy atom. The SMILES string of the molecule is CC(C)(C)c1ccc(Nc2nc3c(N)cccc3o2)cc1. The second-order valence-electron chi connectivity index (χ2n) is 6.17. The van der Waals surface area contributed by atoms with Gasteiger partial charge in [-0.15, -0.1) is 0 Å². The van der Waals surface area contributed by atoms with Crippen LogP contribution in [0.3, 0.4) is 0 Å². The quantitative estimate of drug-likeness (QED) is 0.681. The van der Waals surface area contributed by atoms with Crippen LogP contribution in [-0.4, -0.2) is 4.98 Å². The summed E-state index contributed by atoms with van der Waals surface area (Å²) in [6.45, 7) is 6.58. The van der Waals surface area contributed by atoms with Crippen molar-refractivity contribution in [3.8, 4) is 0 Å². The summed E-state index contributed by atoms with van der Waals surface area (Å²) >= 11 is 0. The molecule has 21 heavy (non-hydrogen) atoms. The summed E-state index contributed by atoms with van der Waals surface area (Å²) in [6, 6.07) is 14.2. The van der Waals surface area contributed by atoms with E-state index in [-0.39, 0.29) is 5.41 Å². The maximum Gasteiger partial charge on any atom is 0.300 e. The first-order valence-electron chi connectivity index (χ1n) is 6.96. The number of nitrogens with one attached hydrogen (secondary N) is 1. The zero-order valence-corrected chi connectivity index (χ0v) is 12.5. The van der Waals surface area contributed by atoms with Crippen molar-refractivity contribution < 1.29 is 4.42 Å². The van der Waals surface area contributed by atoms with Crippen molar-refractivity contribution in [3.05, 3.63) is 48.0 Å². The van der Waals surface area contributed by atoms with Crippen LogP contribution in [0.1, 0.15) is 26.3 Å². The number of fused-ring (bicyclic) bond motifs is 1. The van der Waals surface area contributed by atoms with E-state index in [1.165, 1.54) is 5.56 Å². The number of oxazole rings is 1. The average molecular weight is 281 g/mol. The Labute approximate surface area is 124 Å². The summed E-state index contributed by atoms with van der Waals surface area (Å²) in [7, 11) is 0. The summed E-state index contributed by atoms with van der Waals surface area (Å²) in [5.41, 5.74) is 10.2. The zero-order chi connectivity index (χ0) is 15.0. The van der Waals surface area contributed by atoms with E-state index in [9.17, 15) is 0 Å². The molecule has 0 aliphatic heterocycles. The predicted octanol–water partition coefficient (Wildman–Crippen LogP) is 4.45. The van der Waals surface area contributed by atoms with Gasteiger partial charge in [-0.3, -0.25) is 0 Å². The summed E-state index contributed by atoms with van der Waals surface area (Å²) in [6.07, 6.45) is 0. The molecule has 0 aliphatic carbocycles. The smallest absolute Gasteiger partial charge is 0.300 e. The Hall–Kier alpha value is -2.49. The minimum absolute atomic E-state index is 0.143. The van der Waals surface area contributed by atoms with Gasteiger partial charge in [-0.05, 0) is 35.2 Å². The van der Waals surface area contributed by atoms with Crippen LogP contribution in [0.4, 0.5) is 17.4 Å². The lowest BCUT2D eigenvalue weighted by Gasteiger charge is -2.19. The van der Waals surface area contributed by atoms with Crippen molar-refractivity contribution in [2.75, 3.05) is 11.1 Å². The summed E-state index contributed by atoms with van der Waals surface area (Å²) in [5.74, 6) is 0. The Balaban J connectivity index is 1.87. The van der Waals surface area contributed by atoms with Crippen LogP contribution in [0, 0.1) is 0 Å². The number of nitrogen functional groups attached to an aromatic ring is 1. The molecule has 0 atom stereocenters. The van der Waals surface area contributed by atoms with Crippen molar-refractivity contribution >= 4 is 28.5 Å². The van der Waals surface area contributed by atoms with Crippen molar-refractivity contribution in [1.82, 2.24) is 4.98 Å². The topological polar surface area (TPSA) is 64.1 Å². The molecular weight excluding hydrogens is 262 g/mol. The zero-order valence-electron chi connectivity index (χ0n) is 12.5. The average Bonchev–Trinajstić information content (AvgIpc) is 2.82. The van der Waals surface area contributed by atoms with Crippen LogP contribution >= 0.6 is 0 Å². The van der Waals surface area contributed by atoms with E-state index in [4.69, 9.17) is 10.2 Å². The molecule has 3 rings (SSSR count). The highest BCUT2D eigenvalue weighted by Gasteiger charge is 2.13. The monoisotopic (exact) mass is 281 g/mol. The summed E-state index contributed by atoms with van der Waals surface area (Å²) in [4.78, 5) is 4.38. The van der Waals surface area contributed by atoms with Gasteiger partial charge < -0.3 is 15.5 Å². The van der Waals surface area contributed by atoms with Crippen LogP contribution < -0.4 is 11.1 Å². The number of para-hydroxylation sites is 1. The first-order valence-corrected chi connectivity index (χ1v) is 6.96. The molecule has 4 heteroatoms. The Kier molecular flexibility index (Phi) is 3.09. The number of aromatic nitrogens is 1. The van der Waals surface area contributed by atoms with Gasteiger partial charge >= 0.3 is 0 Å². The van der Waals surface area contributed by atoms with Crippen molar-refractivity contribution in [1.29, 1.82) is 0 Å². The molecule has 1 heterocycles. The maximum absolute atomic E-state index is 5.88. The molecule has 3 N–H and O–H groups in total. The molecule has 108 valence electrons. The van der Waals surface area contributed by atoms with E-state index in [1.807, 2.05) is 30.3 Å². The van der Waals surface area contributed by atoms with E-state index < -0.39 is 0 Å². The van der Waals surface area contributed by atoms with Gasteiger partial charge in [0, 0.05) is 5.69 Å². The number of rotatable bonds is 2. The molecular formula is C17H19N3O. The number of nitrogens with zero attached hydrogens (tertiary/aromatic N) is 1. The second kappa shape index (κ2) is 4.81. The third kappa shape index (κ3) is 2.70. The normalized spacial score (nSPS) is 11.8. The number of nitrogens with two attached hydrogens (primary N) is 1. The molecule has 4 nitrogen and oxygen atoms in total. The number of benzene rings is 2. The maximum atomic E-state index is 5.88. The second-order valence-corrected chi connectivity index (χ2v) is 6.17. The third-order valence-corrected chi connectivity index (χ3v) is 3.45. The molecule has 0 radical (unpaired) electrons. The molecule has 0 amide bonds. The molecule has 0 fully saturated rings. The van der Waals surface area contributed by atoms with Gasteiger partial charge in [-0.1, -0.05) is 39.0 Å². The van der Waals surface area contributed by atoms with E-state index >= 15 is 0 Å². The fraction of sp³-hybridized carbons (Fsp3) is 0.235. The summed E-state index contributed by atoms with van der Waals surface area (Å²) in [5, 5.41) is 3.17. The molecule has 0 saturated heterocycles. The van der Waals surface area contributed by atoms with Crippen LogP contribution in [0.5, 0.6) is 0 Å². The summed E-state index contributed by atoms with van der Waals surface area (Å²) < 4.78 is 5.65. The van der Waals surface area contributed by atoms with Gasteiger partial charge in [0.1, 0.15) is 5.52 Å². The molecule has 0 bridgehead atoms. The predicted molar refractivity (Wildman–Crippen MR) is 86.8 cm³/mol. The van der Waals surface area contributed by atoms with E-state index in [2.05, 4.69) is 43.2 Å². The fourth-order valence-electron chi connectivity index (χ4n) is 2.20. The minimum Gasteiger partial charge on any atom is -0.423 e. The van der Waals surface area contributed by atoms with Gasteiger partial charge in [-0.2, -0.15) is 4.98 Å². The highest BCUT2D eigenvalue weighted by atomic mass is 16.4. The first-order chi connectivity index (χ1) is 9.93. The van der Waals surface area contributed by atoms with Gasteiger partial charge in [-0.25, -0.2) is 0 Å². The van der Waals surface area contributed by atoms with Crippen LogP contribution in [0.15, 0.2) is 46.9 Å². The molecule has 3 aromatic rings. The molecule has 2 aromatic carbocycles. The van der Waals surface area contributed by atoms with E-state index in [0.717, 1.165) is 5.69 Å². The van der Waals surface area contributed by atoms with Crippen LogP contribution in [0.25, 0.3) is 11.1 Å². The van der Waals surface area contributed by atoms with Crippen molar-refractivity contribution in [2.45, 2.75) is 26.2 Å². The van der Waals surface area contributed by atoms with E-state index in [0.29, 0.717) is 22.8 Å². The third-order valence-electron chi connectivity index (χ3n) is 3.45. The molecule has 0 aliphatic rings. The lowest BCUT2D eigenvalue weighted by Crippen LogP contribution is -2.10. The Morgan fingerprint density at radius 3 is 2.38 bits per heavy atom. The lowest BCUT2D eigenvalue weighted by molar-refractivity contribution is 0.590. The largest absolute Gasteiger partial charge is 0.423 e. The highest BCUT2D eigenvalue weighted by molar-refractivity contribution is 5.86. The minimum atomic E-state index is 0.143. The Morgan fingerprint density at radius 2 is 1.76 bits per heavy atom. The van der Waals surface area contributed by atoms with Gasteiger partial charge in [0.15, 0.2) is 5.58 Å².